The molecule has 2 nitrogen and oxygen atoms in total. The van der Waals surface area contributed by atoms with Gasteiger partial charge in [-0.2, -0.15) is 0 Å². The molecule has 1 fully saturated rings. The molecule has 0 saturated heterocycles. The molecule has 0 amide bonds. The van der Waals surface area contributed by atoms with Crippen molar-refractivity contribution in [3.8, 4) is 0 Å². The number of aliphatic hydroxyl groups excluding tert-OH is 1. The minimum absolute atomic E-state index is 0.301. The van der Waals surface area contributed by atoms with Crippen LogP contribution in [-0.2, 0) is 0 Å². The Kier molecular flexibility index (Phi) is 4.74. The fourth-order valence-electron chi connectivity index (χ4n) is 2.21. The van der Waals surface area contributed by atoms with E-state index in [0.717, 1.165) is 12.3 Å². The fraction of sp³-hybridized carbons (Fsp3) is 1.00. The Morgan fingerprint density at radius 1 is 1.38 bits per heavy atom. The van der Waals surface area contributed by atoms with Gasteiger partial charge in [0.2, 0.25) is 0 Å². The van der Waals surface area contributed by atoms with Crippen molar-refractivity contribution < 1.29 is 5.11 Å². The molecule has 0 aromatic rings. The maximum atomic E-state index is 8.79. The average Bonchev–Trinajstić information content (AvgIpc) is 2.09. The largest absolute Gasteiger partial charge is 0.396 e. The zero-order valence-electron chi connectivity index (χ0n) is 8.92. The van der Waals surface area contributed by atoms with Crippen LogP contribution in [0, 0.1) is 5.92 Å². The Labute approximate surface area is 81.7 Å². The van der Waals surface area contributed by atoms with Crippen LogP contribution in [0.2, 0.25) is 0 Å². The van der Waals surface area contributed by atoms with E-state index in [9.17, 15) is 0 Å². The lowest BCUT2D eigenvalue weighted by Gasteiger charge is -2.32. The molecule has 0 radical (unpaired) electrons. The molecule has 13 heavy (non-hydrogen) atoms. The lowest BCUT2D eigenvalue weighted by Crippen LogP contribution is -2.42. The summed E-state index contributed by atoms with van der Waals surface area (Å²) in [5, 5.41) is 12.4. The SMILES string of the molecule is CC1CCCCC1N[C@H](C)CCO. The standard InChI is InChI=1S/C11H23NO/c1-9-5-3-4-6-11(9)12-10(2)7-8-13/h9-13H,3-8H2,1-2H3/t9?,10-,11?/m1/s1. The van der Waals surface area contributed by atoms with Crippen LogP contribution in [0.4, 0.5) is 0 Å². The molecule has 0 aromatic carbocycles. The Hall–Kier alpha value is -0.0800. The molecule has 0 heterocycles. The molecule has 2 heteroatoms. The number of aliphatic hydroxyl groups is 1. The topological polar surface area (TPSA) is 32.3 Å². The highest BCUT2D eigenvalue weighted by molar-refractivity contribution is 4.80. The van der Waals surface area contributed by atoms with Crippen LogP contribution >= 0.6 is 0 Å². The molecular formula is C11H23NO. The van der Waals surface area contributed by atoms with Gasteiger partial charge in [-0.25, -0.2) is 0 Å². The molecular weight excluding hydrogens is 162 g/mol. The van der Waals surface area contributed by atoms with Gasteiger partial charge in [-0.15, -0.1) is 0 Å². The van der Waals surface area contributed by atoms with Gasteiger partial charge in [0, 0.05) is 18.7 Å². The Morgan fingerprint density at radius 3 is 2.69 bits per heavy atom. The van der Waals surface area contributed by atoms with Gasteiger partial charge in [-0.1, -0.05) is 19.8 Å². The van der Waals surface area contributed by atoms with Crippen molar-refractivity contribution in [3.05, 3.63) is 0 Å². The quantitative estimate of drug-likeness (QED) is 0.701. The highest BCUT2D eigenvalue weighted by Gasteiger charge is 2.21. The van der Waals surface area contributed by atoms with Gasteiger partial charge >= 0.3 is 0 Å². The molecule has 0 spiro atoms. The predicted molar refractivity (Wildman–Crippen MR) is 55.7 cm³/mol. The van der Waals surface area contributed by atoms with Crippen molar-refractivity contribution in [3.63, 3.8) is 0 Å². The van der Waals surface area contributed by atoms with E-state index in [2.05, 4.69) is 19.2 Å². The molecule has 0 aromatic heterocycles. The molecule has 78 valence electrons. The second-order valence-corrected chi connectivity index (χ2v) is 4.45. The van der Waals surface area contributed by atoms with E-state index in [1.54, 1.807) is 0 Å². The Balaban J connectivity index is 2.25. The van der Waals surface area contributed by atoms with Crippen molar-refractivity contribution in [1.82, 2.24) is 5.32 Å². The molecule has 3 atom stereocenters. The minimum Gasteiger partial charge on any atom is -0.396 e. The number of nitrogens with one attached hydrogen (secondary N) is 1. The molecule has 0 bridgehead atoms. The first-order chi connectivity index (χ1) is 6.24. The molecule has 0 aliphatic heterocycles. The van der Waals surface area contributed by atoms with Crippen LogP contribution in [0.3, 0.4) is 0 Å². The first-order valence-corrected chi connectivity index (χ1v) is 5.61. The van der Waals surface area contributed by atoms with Crippen LogP contribution in [0.1, 0.15) is 46.0 Å². The van der Waals surface area contributed by atoms with Crippen molar-refractivity contribution >= 4 is 0 Å². The van der Waals surface area contributed by atoms with E-state index in [1.165, 1.54) is 25.7 Å². The second-order valence-electron chi connectivity index (χ2n) is 4.45. The monoisotopic (exact) mass is 185 g/mol. The summed E-state index contributed by atoms with van der Waals surface area (Å²) < 4.78 is 0. The van der Waals surface area contributed by atoms with Gasteiger partial charge in [-0.05, 0) is 32.1 Å². The first-order valence-electron chi connectivity index (χ1n) is 5.61. The number of rotatable bonds is 4. The van der Waals surface area contributed by atoms with Crippen LogP contribution in [0.5, 0.6) is 0 Å². The summed E-state index contributed by atoms with van der Waals surface area (Å²) in [6.45, 7) is 4.80. The van der Waals surface area contributed by atoms with Gasteiger partial charge in [0.1, 0.15) is 0 Å². The predicted octanol–water partition coefficient (Wildman–Crippen LogP) is 1.93. The summed E-state index contributed by atoms with van der Waals surface area (Å²) in [5.74, 6) is 0.815. The second kappa shape index (κ2) is 5.61. The van der Waals surface area contributed by atoms with E-state index in [-0.39, 0.29) is 0 Å². The van der Waals surface area contributed by atoms with Gasteiger partial charge in [0.05, 0.1) is 0 Å². The van der Waals surface area contributed by atoms with Gasteiger partial charge in [0.15, 0.2) is 0 Å². The van der Waals surface area contributed by atoms with E-state index >= 15 is 0 Å². The van der Waals surface area contributed by atoms with E-state index < -0.39 is 0 Å². The van der Waals surface area contributed by atoms with Gasteiger partial charge in [-0.3, -0.25) is 0 Å². The van der Waals surface area contributed by atoms with Crippen LogP contribution < -0.4 is 5.32 Å². The molecule has 2 N–H and O–H groups in total. The van der Waals surface area contributed by atoms with Crippen molar-refractivity contribution in [1.29, 1.82) is 0 Å². The summed E-state index contributed by atoms with van der Waals surface area (Å²) in [7, 11) is 0. The summed E-state index contributed by atoms with van der Waals surface area (Å²) in [6, 6.07) is 1.16. The summed E-state index contributed by atoms with van der Waals surface area (Å²) in [6.07, 6.45) is 6.32. The molecule has 1 rings (SSSR count). The van der Waals surface area contributed by atoms with E-state index in [4.69, 9.17) is 5.11 Å². The first kappa shape index (κ1) is 11.0. The Morgan fingerprint density at radius 2 is 2.08 bits per heavy atom. The van der Waals surface area contributed by atoms with E-state index in [1.807, 2.05) is 0 Å². The lowest BCUT2D eigenvalue weighted by atomic mass is 9.85. The van der Waals surface area contributed by atoms with Crippen LogP contribution in [-0.4, -0.2) is 23.8 Å². The molecule has 2 unspecified atom stereocenters. The maximum Gasteiger partial charge on any atom is 0.0445 e. The van der Waals surface area contributed by atoms with Crippen molar-refractivity contribution in [2.45, 2.75) is 58.0 Å². The highest BCUT2D eigenvalue weighted by atomic mass is 16.3. The Bertz CT molecular complexity index is 138. The summed E-state index contributed by atoms with van der Waals surface area (Å²) in [5.41, 5.74) is 0. The third-order valence-corrected chi connectivity index (χ3v) is 3.17. The summed E-state index contributed by atoms with van der Waals surface area (Å²) in [4.78, 5) is 0. The highest BCUT2D eigenvalue weighted by Crippen LogP contribution is 2.24. The van der Waals surface area contributed by atoms with Crippen molar-refractivity contribution in [2.24, 2.45) is 5.92 Å². The average molecular weight is 185 g/mol. The zero-order chi connectivity index (χ0) is 9.68. The number of hydrogen-bond donors (Lipinski definition) is 2. The zero-order valence-corrected chi connectivity index (χ0v) is 8.92. The molecule has 1 aliphatic rings. The van der Waals surface area contributed by atoms with Gasteiger partial charge < -0.3 is 10.4 Å². The minimum atomic E-state index is 0.301. The third-order valence-electron chi connectivity index (χ3n) is 3.17. The molecule has 1 saturated carbocycles. The maximum absolute atomic E-state index is 8.79. The van der Waals surface area contributed by atoms with Crippen molar-refractivity contribution in [2.75, 3.05) is 6.61 Å². The number of hydrogen-bond acceptors (Lipinski definition) is 2. The lowest BCUT2D eigenvalue weighted by molar-refractivity contribution is 0.228. The smallest absolute Gasteiger partial charge is 0.0445 e. The summed E-state index contributed by atoms with van der Waals surface area (Å²) >= 11 is 0. The molecule has 1 aliphatic carbocycles. The van der Waals surface area contributed by atoms with Crippen LogP contribution in [0.25, 0.3) is 0 Å². The van der Waals surface area contributed by atoms with Gasteiger partial charge in [0.25, 0.3) is 0 Å². The fourth-order valence-corrected chi connectivity index (χ4v) is 2.21. The normalized spacial score (nSPS) is 31.6. The third kappa shape index (κ3) is 3.65. The van der Waals surface area contributed by atoms with E-state index in [0.29, 0.717) is 18.7 Å². The van der Waals surface area contributed by atoms with Crippen LogP contribution in [0.15, 0.2) is 0 Å².